The van der Waals surface area contributed by atoms with E-state index in [0.29, 0.717) is 12.0 Å². The highest BCUT2D eigenvalue weighted by atomic mass is 16.3. The maximum atomic E-state index is 13.4. The summed E-state index contributed by atoms with van der Waals surface area (Å²) in [5, 5.41) is 53.1. The molecule has 0 aliphatic heterocycles. The summed E-state index contributed by atoms with van der Waals surface area (Å²) in [5.74, 6) is -5.66. The van der Waals surface area contributed by atoms with Gasteiger partial charge >= 0.3 is 0 Å². The molecule has 0 radical (unpaired) electrons. The van der Waals surface area contributed by atoms with Gasteiger partial charge in [-0.2, -0.15) is 0 Å². The van der Waals surface area contributed by atoms with Crippen LogP contribution >= 0.6 is 0 Å². The number of carbonyl (C=O) groups is 3. The highest BCUT2D eigenvalue weighted by Gasteiger charge is 2.60. The van der Waals surface area contributed by atoms with Crippen molar-refractivity contribution in [2.24, 2.45) is 11.8 Å². The first-order valence-corrected chi connectivity index (χ1v) is 10.2. The predicted octanol–water partition coefficient (Wildman–Crippen LogP) is 1.58. The minimum Gasteiger partial charge on any atom is -0.508 e. The van der Waals surface area contributed by atoms with Crippen LogP contribution in [0.15, 0.2) is 23.0 Å². The van der Waals surface area contributed by atoms with E-state index in [1.807, 2.05) is 6.92 Å². The molecule has 0 bridgehead atoms. The minimum atomic E-state index is -2.50. The van der Waals surface area contributed by atoms with Crippen molar-refractivity contribution < 1.29 is 39.9 Å². The summed E-state index contributed by atoms with van der Waals surface area (Å²) in [7, 11) is 0. The van der Waals surface area contributed by atoms with Gasteiger partial charge in [0.2, 0.25) is 5.78 Å². The van der Waals surface area contributed by atoms with E-state index in [0.717, 1.165) is 12.5 Å². The summed E-state index contributed by atoms with van der Waals surface area (Å²) >= 11 is 0. The summed E-state index contributed by atoms with van der Waals surface area (Å²) in [4.78, 5) is 37.7. The summed E-state index contributed by atoms with van der Waals surface area (Å²) in [6, 6.07) is 1.66. The number of aliphatic hydroxyl groups is 4. The Hall–Kier alpha value is -2.97. The second kappa shape index (κ2) is 7.03. The van der Waals surface area contributed by atoms with E-state index in [1.165, 1.54) is 0 Å². The maximum Gasteiger partial charge on any atom is 0.202 e. The number of hydrogen-bond acceptors (Lipinski definition) is 8. The molecular formula is C23H24O8. The van der Waals surface area contributed by atoms with Gasteiger partial charge in [0.25, 0.3) is 0 Å². The third-order valence-electron chi connectivity index (χ3n) is 6.89. The average molecular weight is 428 g/mol. The highest BCUT2D eigenvalue weighted by Crippen LogP contribution is 2.52. The number of carbonyl (C=O) groups excluding carboxylic acids is 3. The molecule has 1 fully saturated rings. The van der Waals surface area contributed by atoms with Crippen LogP contribution in [0, 0.1) is 11.8 Å². The first kappa shape index (κ1) is 21.3. The molecule has 0 unspecified atom stereocenters. The fourth-order valence-corrected chi connectivity index (χ4v) is 5.37. The first-order chi connectivity index (χ1) is 14.6. The lowest BCUT2D eigenvalue weighted by Gasteiger charge is -2.46. The molecular weight excluding hydrogens is 404 g/mol. The second-order valence-corrected chi connectivity index (χ2v) is 8.51. The number of allylic oxidation sites excluding steroid dienone is 1. The van der Waals surface area contributed by atoms with E-state index >= 15 is 0 Å². The lowest BCUT2D eigenvalue weighted by Crippen LogP contribution is -2.57. The Balaban J connectivity index is 1.96. The Labute approximate surface area is 178 Å². The average Bonchev–Trinajstić information content (AvgIpc) is 2.70. The van der Waals surface area contributed by atoms with Crippen LogP contribution in [0.3, 0.4) is 0 Å². The largest absolute Gasteiger partial charge is 0.508 e. The minimum absolute atomic E-state index is 0.0344. The van der Waals surface area contributed by atoms with Gasteiger partial charge < -0.3 is 25.5 Å². The van der Waals surface area contributed by atoms with Gasteiger partial charge in [-0.05, 0) is 49.3 Å². The van der Waals surface area contributed by atoms with E-state index in [4.69, 9.17) is 0 Å². The van der Waals surface area contributed by atoms with E-state index in [1.54, 1.807) is 6.07 Å². The van der Waals surface area contributed by atoms with Crippen molar-refractivity contribution in [1.82, 2.24) is 0 Å². The third-order valence-corrected chi connectivity index (χ3v) is 6.89. The number of aryl methyl sites for hydroxylation is 1. The molecule has 8 heteroatoms. The lowest BCUT2D eigenvalue weighted by atomic mass is 9.59. The van der Waals surface area contributed by atoms with Gasteiger partial charge in [0, 0.05) is 23.5 Å². The fraction of sp³-hybridized carbons (Fsp3) is 0.435. The Morgan fingerprint density at radius 3 is 2.42 bits per heavy atom. The molecule has 0 aromatic heterocycles. The summed E-state index contributed by atoms with van der Waals surface area (Å²) in [6.45, 7) is 2.49. The standard InChI is InChI=1S/C23H24O8/c1-3-10-4-12(8-24)19(27)18-14(10)6-11-5-13-7-15(26)16(9(2)25)21(29)23(13,31)22(30)17(11)20(18)28/h4,11,13,24,27-29,31H,3,5-8H2,1-2H3/t11-,13+,23-/m1/s1. The number of aromatic hydroxyl groups is 1. The molecule has 3 aliphatic rings. The van der Waals surface area contributed by atoms with Gasteiger partial charge in [0.05, 0.1) is 12.2 Å². The molecule has 1 aromatic rings. The van der Waals surface area contributed by atoms with Gasteiger partial charge in [0.15, 0.2) is 17.2 Å². The van der Waals surface area contributed by atoms with Crippen molar-refractivity contribution in [3.8, 4) is 5.75 Å². The third kappa shape index (κ3) is 2.71. The van der Waals surface area contributed by atoms with E-state index in [2.05, 4.69) is 0 Å². The summed E-state index contributed by atoms with van der Waals surface area (Å²) < 4.78 is 0. The SMILES string of the molecule is CCc1cc(CO)c(O)c2c1C[C@H]1C[C@H]3CC(=O)C(C(C)=O)=C(O)[C@@]3(O)C(=O)C1=C2O. The van der Waals surface area contributed by atoms with E-state index in [9.17, 15) is 39.9 Å². The van der Waals surface area contributed by atoms with Crippen LogP contribution in [0.1, 0.15) is 48.9 Å². The molecule has 1 saturated carbocycles. The maximum absolute atomic E-state index is 13.4. The molecule has 0 saturated heterocycles. The number of ketones is 3. The van der Waals surface area contributed by atoms with Crippen LogP contribution in [0.5, 0.6) is 5.75 Å². The molecule has 3 atom stereocenters. The van der Waals surface area contributed by atoms with Crippen LogP contribution in [-0.2, 0) is 33.8 Å². The van der Waals surface area contributed by atoms with Crippen molar-refractivity contribution in [2.75, 3.05) is 0 Å². The van der Waals surface area contributed by atoms with Gasteiger partial charge in [-0.25, -0.2) is 0 Å². The molecule has 5 N–H and O–H groups in total. The smallest absolute Gasteiger partial charge is 0.202 e. The molecule has 8 nitrogen and oxygen atoms in total. The van der Waals surface area contributed by atoms with Crippen molar-refractivity contribution in [3.63, 3.8) is 0 Å². The summed E-state index contributed by atoms with van der Waals surface area (Å²) in [6.07, 6.45) is 0.714. The Kier molecular flexibility index (Phi) is 4.83. The first-order valence-electron chi connectivity index (χ1n) is 10.2. The normalized spacial score (nSPS) is 27.7. The lowest BCUT2D eigenvalue weighted by molar-refractivity contribution is -0.147. The molecule has 0 amide bonds. The number of benzene rings is 1. The van der Waals surface area contributed by atoms with Crippen LogP contribution in [0.25, 0.3) is 5.76 Å². The second-order valence-electron chi connectivity index (χ2n) is 8.51. The zero-order chi connectivity index (χ0) is 22.8. The molecule has 31 heavy (non-hydrogen) atoms. The van der Waals surface area contributed by atoms with E-state index in [-0.39, 0.29) is 41.7 Å². The molecule has 0 spiro atoms. The van der Waals surface area contributed by atoms with Crippen molar-refractivity contribution in [2.45, 2.75) is 51.7 Å². The highest BCUT2D eigenvalue weighted by molar-refractivity contribution is 6.23. The molecule has 0 heterocycles. The number of phenols is 1. The molecule has 164 valence electrons. The Morgan fingerprint density at radius 2 is 1.84 bits per heavy atom. The van der Waals surface area contributed by atoms with Crippen molar-refractivity contribution >= 4 is 23.1 Å². The molecule has 1 aromatic carbocycles. The fourth-order valence-electron chi connectivity index (χ4n) is 5.37. The Morgan fingerprint density at radius 1 is 1.16 bits per heavy atom. The number of aliphatic hydroxyl groups excluding tert-OH is 3. The van der Waals surface area contributed by atoms with Gasteiger partial charge in [-0.1, -0.05) is 6.92 Å². The van der Waals surface area contributed by atoms with Crippen molar-refractivity contribution in [1.29, 1.82) is 0 Å². The zero-order valence-corrected chi connectivity index (χ0v) is 17.2. The van der Waals surface area contributed by atoms with Gasteiger partial charge in [-0.15, -0.1) is 0 Å². The monoisotopic (exact) mass is 428 g/mol. The van der Waals surface area contributed by atoms with Crippen LogP contribution in [0.4, 0.5) is 0 Å². The number of Topliss-reactive ketones (excluding diaryl/α,β-unsaturated/α-hetero) is 3. The predicted molar refractivity (Wildman–Crippen MR) is 108 cm³/mol. The number of rotatable bonds is 3. The quantitative estimate of drug-likeness (QED) is 0.455. The topological polar surface area (TPSA) is 152 Å². The molecule has 4 rings (SSSR count). The van der Waals surface area contributed by atoms with Gasteiger partial charge in [-0.3, -0.25) is 14.4 Å². The number of hydrogen-bond donors (Lipinski definition) is 5. The van der Waals surface area contributed by atoms with Crippen LogP contribution in [0.2, 0.25) is 0 Å². The van der Waals surface area contributed by atoms with Gasteiger partial charge in [0.1, 0.15) is 22.8 Å². The van der Waals surface area contributed by atoms with E-state index < -0.39 is 58.5 Å². The van der Waals surface area contributed by atoms with Crippen LogP contribution < -0.4 is 0 Å². The van der Waals surface area contributed by atoms with Crippen molar-refractivity contribution in [3.05, 3.63) is 45.2 Å². The number of fused-ring (bicyclic) bond motifs is 3. The van der Waals surface area contributed by atoms with Crippen LogP contribution in [-0.4, -0.2) is 48.5 Å². The summed E-state index contributed by atoms with van der Waals surface area (Å²) in [5.41, 5.74) is -1.56. The zero-order valence-electron chi connectivity index (χ0n) is 17.2. The molecule has 3 aliphatic carbocycles. The Bertz CT molecular complexity index is 1110.